The Labute approximate surface area is 139 Å². The normalized spacial score (nSPS) is 22.1. The summed E-state index contributed by atoms with van der Waals surface area (Å²) in [6, 6.07) is 4.11. The second-order valence-electron chi connectivity index (χ2n) is 6.56. The number of rotatable bonds is 4. The van der Waals surface area contributed by atoms with Crippen LogP contribution >= 0.6 is 11.3 Å². The maximum Gasteiger partial charge on any atom is 0.231 e. The minimum atomic E-state index is 0.199. The molecule has 5 nitrogen and oxygen atoms in total. The van der Waals surface area contributed by atoms with Gasteiger partial charge in [0.05, 0.1) is 5.92 Å². The molecule has 2 fully saturated rings. The van der Waals surface area contributed by atoms with E-state index in [-0.39, 0.29) is 11.8 Å². The van der Waals surface area contributed by atoms with Gasteiger partial charge in [-0.3, -0.25) is 4.79 Å². The fraction of sp³-hybridized carbons (Fsp3) is 0.588. The van der Waals surface area contributed by atoms with Crippen molar-refractivity contribution in [3.05, 3.63) is 34.1 Å². The van der Waals surface area contributed by atoms with E-state index in [2.05, 4.69) is 21.6 Å². The first kappa shape index (κ1) is 14.9. The summed E-state index contributed by atoms with van der Waals surface area (Å²) in [5.74, 6) is 2.22. The van der Waals surface area contributed by atoms with Crippen molar-refractivity contribution in [3.63, 3.8) is 0 Å². The van der Waals surface area contributed by atoms with Crippen LogP contribution in [-0.4, -0.2) is 34.0 Å². The van der Waals surface area contributed by atoms with Crippen molar-refractivity contribution in [2.75, 3.05) is 13.1 Å². The molecule has 1 atom stereocenters. The first-order chi connectivity index (χ1) is 11.3. The van der Waals surface area contributed by atoms with E-state index in [4.69, 9.17) is 4.52 Å². The Hall–Kier alpha value is -1.69. The smallest absolute Gasteiger partial charge is 0.231 e. The van der Waals surface area contributed by atoms with Gasteiger partial charge in [0.2, 0.25) is 11.8 Å². The number of nitrogens with zero attached hydrogens (tertiary/aromatic N) is 3. The molecule has 4 rings (SSSR count). The minimum absolute atomic E-state index is 0.199. The zero-order valence-electron chi connectivity index (χ0n) is 13.1. The Morgan fingerprint density at radius 3 is 3.00 bits per heavy atom. The highest BCUT2D eigenvalue weighted by Gasteiger charge is 2.34. The Morgan fingerprint density at radius 1 is 1.35 bits per heavy atom. The zero-order chi connectivity index (χ0) is 15.6. The molecule has 122 valence electrons. The van der Waals surface area contributed by atoms with Gasteiger partial charge in [0.1, 0.15) is 0 Å². The minimum Gasteiger partial charge on any atom is -0.342 e. The largest absolute Gasteiger partial charge is 0.342 e. The van der Waals surface area contributed by atoms with Crippen molar-refractivity contribution < 1.29 is 9.32 Å². The van der Waals surface area contributed by atoms with Crippen LogP contribution in [0.1, 0.15) is 54.6 Å². The standard InChI is InChI=1S/C17H21N3O2S/c21-17(12-4-1-2-5-12)20-8-7-13(11-20)16-18-15(19-22-16)10-14-6-3-9-23-14/h3,6,9,12-13H,1-2,4-5,7-8,10-11H2. The lowest BCUT2D eigenvalue weighted by atomic mass is 10.1. The number of thiophene rings is 1. The van der Waals surface area contributed by atoms with Crippen LogP contribution in [0.3, 0.4) is 0 Å². The van der Waals surface area contributed by atoms with E-state index < -0.39 is 0 Å². The van der Waals surface area contributed by atoms with E-state index >= 15 is 0 Å². The molecule has 23 heavy (non-hydrogen) atoms. The molecule has 2 aliphatic rings. The summed E-state index contributed by atoms with van der Waals surface area (Å²) < 4.78 is 5.46. The third-order valence-electron chi connectivity index (χ3n) is 4.95. The van der Waals surface area contributed by atoms with Gasteiger partial charge in [-0.05, 0) is 30.7 Å². The number of carbonyl (C=O) groups excluding carboxylic acids is 1. The predicted octanol–water partition coefficient (Wildman–Crippen LogP) is 3.23. The molecule has 1 saturated carbocycles. The lowest BCUT2D eigenvalue weighted by Crippen LogP contribution is -2.33. The van der Waals surface area contributed by atoms with Gasteiger partial charge in [0, 0.05) is 30.3 Å². The number of hydrogen-bond donors (Lipinski definition) is 0. The van der Waals surface area contributed by atoms with Gasteiger partial charge in [0.15, 0.2) is 5.82 Å². The lowest BCUT2D eigenvalue weighted by Gasteiger charge is -2.19. The number of amides is 1. The Bertz CT molecular complexity index is 661. The summed E-state index contributed by atoms with van der Waals surface area (Å²) in [5.41, 5.74) is 0. The number of aromatic nitrogens is 2. The highest BCUT2D eigenvalue weighted by atomic mass is 32.1. The molecular weight excluding hydrogens is 310 g/mol. The third-order valence-corrected chi connectivity index (χ3v) is 5.83. The van der Waals surface area contributed by atoms with Crippen LogP contribution in [0.2, 0.25) is 0 Å². The molecule has 0 spiro atoms. The van der Waals surface area contributed by atoms with Crippen molar-refractivity contribution in [2.45, 2.75) is 44.4 Å². The van der Waals surface area contributed by atoms with E-state index in [1.54, 1.807) is 11.3 Å². The number of carbonyl (C=O) groups is 1. The summed E-state index contributed by atoms with van der Waals surface area (Å²) in [4.78, 5) is 20.3. The molecule has 0 bridgehead atoms. The lowest BCUT2D eigenvalue weighted by molar-refractivity contribution is -0.134. The van der Waals surface area contributed by atoms with Gasteiger partial charge in [-0.25, -0.2) is 0 Å². The summed E-state index contributed by atoms with van der Waals surface area (Å²) in [5, 5.41) is 6.16. The van der Waals surface area contributed by atoms with E-state index in [0.717, 1.165) is 44.6 Å². The van der Waals surface area contributed by atoms with Crippen molar-refractivity contribution in [3.8, 4) is 0 Å². The fourth-order valence-corrected chi connectivity index (χ4v) is 4.37. The van der Waals surface area contributed by atoms with E-state index in [1.807, 2.05) is 11.0 Å². The molecular formula is C17H21N3O2S. The quantitative estimate of drug-likeness (QED) is 0.863. The molecule has 1 aliphatic carbocycles. The van der Waals surface area contributed by atoms with E-state index in [9.17, 15) is 4.79 Å². The molecule has 2 aromatic heterocycles. The van der Waals surface area contributed by atoms with Crippen LogP contribution in [0.5, 0.6) is 0 Å². The molecule has 1 unspecified atom stereocenters. The molecule has 0 N–H and O–H groups in total. The van der Waals surface area contributed by atoms with Gasteiger partial charge < -0.3 is 9.42 Å². The molecule has 1 saturated heterocycles. The second kappa shape index (κ2) is 6.43. The van der Waals surface area contributed by atoms with Gasteiger partial charge in [0.25, 0.3) is 0 Å². The summed E-state index contributed by atoms with van der Waals surface area (Å²) in [7, 11) is 0. The molecule has 0 aromatic carbocycles. The second-order valence-corrected chi connectivity index (χ2v) is 7.59. The van der Waals surface area contributed by atoms with Crippen molar-refractivity contribution in [2.24, 2.45) is 5.92 Å². The molecule has 3 heterocycles. The SMILES string of the molecule is O=C(C1CCCC1)N1CCC(c2nc(Cc3cccs3)no2)C1. The van der Waals surface area contributed by atoms with Gasteiger partial charge in [-0.15, -0.1) is 11.3 Å². The summed E-state index contributed by atoms with van der Waals surface area (Å²) in [6.45, 7) is 1.55. The molecule has 2 aromatic rings. The highest BCUT2D eigenvalue weighted by Crippen LogP contribution is 2.31. The van der Waals surface area contributed by atoms with Crippen LogP contribution in [0, 0.1) is 5.92 Å². The first-order valence-corrected chi connectivity index (χ1v) is 9.31. The Balaban J connectivity index is 1.37. The maximum atomic E-state index is 12.5. The van der Waals surface area contributed by atoms with Crippen LogP contribution in [0.15, 0.2) is 22.0 Å². The Morgan fingerprint density at radius 2 is 2.22 bits per heavy atom. The van der Waals surface area contributed by atoms with Crippen LogP contribution in [-0.2, 0) is 11.2 Å². The van der Waals surface area contributed by atoms with Gasteiger partial charge in [-0.1, -0.05) is 24.1 Å². The summed E-state index contributed by atoms with van der Waals surface area (Å²) >= 11 is 1.70. The number of likely N-dealkylation sites (tertiary alicyclic amines) is 1. The monoisotopic (exact) mass is 331 g/mol. The molecule has 1 aliphatic heterocycles. The van der Waals surface area contributed by atoms with Crippen molar-refractivity contribution in [1.82, 2.24) is 15.0 Å². The molecule has 1 amide bonds. The molecule has 0 radical (unpaired) electrons. The number of hydrogen-bond acceptors (Lipinski definition) is 5. The first-order valence-electron chi connectivity index (χ1n) is 8.43. The fourth-order valence-electron chi connectivity index (χ4n) is 3.67. The van der Waals surface area contributed by atoms with Crippen LogP contribution in [0.25, 0.3) is 0 Å². The van der Waals surface area contributed by atoms with E-state index in [0.29, 0.717) is 11.8 Å². The van der Waals surface area contributed by atoms with Crippen LogP contribution < -0.4 is 0 Å². The molecule has 6 heteroatoms. The highest BCUT2D eigenvalue weighted by molar-refractivity contribution is 7.09. The summed E-state index contributed by atoms with van der Waals surface area (Å²) in [6.07, 6.45) is 6.17. The van der Waals surface area contributed by atoms with Gasteiger partial charge >= 0.3 is 0 Å². The topological polar surface area (TPSA) is 59.2 Å². The Kier molecular flexibility index (Phi) is 4.16. The van der Waals surface area contributed by atoms with Crippen LogP contribution in [0.4, 0.5) is 0 Å². The maximum absolute atomic E-state index is 12.5. The van der Waals surface area contributed by atoms with Crippen molar-refractivity contribution >= 4 is 17.2 Å². The van der Waals surface area contributed by atoms with Crippen molar-refractivity contribution in [1.29, 1.82) is 0 Å². The predicted molar refractivity (Wildman–Crippen MR) is 87.3 cm³/mol. The average Bonchev–Trinajstić information content (AvgIpc) is 3.33. The van der Waals surface area contributed by atoms with E-state index in [1.165, 1.54) is 17.7 Å². The van der Waals surface area contributed by atoms with Gasteiger partial charge in [-0.2, -0.15) is 4.98 Å². The third kappa shape index (κ3) is 3.17. The average molecular weight is 331 g/mol. The zero-order valence-corrected chi connectivity index (χ0v) is 13.9.